The average molecular weight is 234 g/mol. The number of rotatable bonds is 1. The predicted molar refractivity (Wildman–Crippen MR) is 69.8 cm³/mol. The van der Waals surface area contributed by atoms with E-state index >= 15 is 0 Å². The normalized spacial score (nSPS) is 40.0. The molecule has 0 aromatic carbocycles. The molecule has 3 fully saturated rings. The molecule has 0 amide bonds. The minimum atomic E-state index is 0.544. The van der Waals surface area contributed by atoms with E-state index in [9.17, 15) is 4.79 Å². The van der Waals surface area contributed by atoms with Crippen LogP contribution in [-0.4, -0.2) is 5.78 Å². The van der Waals surface area contributed by atoms with E-state index in [1.807, 2.05) is 0 Å². The van der Waals surface area contributed by atoms with Gasteiger partial charge >= 0.3 is 0 Å². The monoisotopic (exact) mass is 234 g/mol. The molecule has 1 nitrogen and oxygen atoms in total. The topological polar surface area (TPSA) is 17.1 Å². The van der Waals surface area contributed by atoms with Gasteiger partial charge in [0, 0.05) is 12.8 Å². The zero-order valence-electron chi connectivity index (χ0n) is 11.0. The zero-order valence-corrected chi connectivity index (χ0v) is 11.0. The van der Waals surface area contributed by atoms with E-state index in [1.165, 1.54) is 57.8 Å². The van der Waals surface area contributed by atoms with E-state index in [1.54, 1.807) is 0 Å². The minimum absolute atomic E-state index is 0.544. The average Bonchev–Trinajstić information content (AvgIpc) is 2.39. The molecule has 0 spiro atoms. The summed E-state index contributed by atoms with van der Waals surface area (Å²) < 4.78 is 0. The number of carbonyl (C=O) groups excluding carboxylic acids is 1. The van der Waals surface area contributed by atoms with Gasteiger partial charge in [-0.25, -0.2) is 0 Å². The maximum absolute atomic E-state index is 11.5. The summed E-state index contributed by atoms with van der Waals surface area (Å²) in [6, 6.07) is 0. The summed E-state index contributed by atoms with van der Waals surface area (Å²) in [5.41, 5.74) is 0. The van der Waals surface area contributed by atoms with Crippen LogP contribution in [0.5, 0.6) is 0 Å². The molecule has 3 saturated carbocycles. The van der Waals surface area contributed by atoms with Gasteiger partial charge in [-0.1, -0.05) is 32.1 Å². The molecule has 3 aliphatic rings. The first-order valence-corrected chi connectivity index (χ1v) is 7.84. The second kappa shape index (κ2) is 5.12. The van der Waals surface area contributed by atoms with Crippen molar-refractivity contribution in [2.75, 3.05) is 0 Å². The van der Waals surface area contributed by atoms with Gasteiger partial charge in [0.15, 0.2) is 0 Å². The number of hydrogen-bond donors (Lipinski definition) is 0. The maximum Gasteiger partial charge on any atom is 0.133 e. The van der Waals surface area contributed by atoms with E-state index in [0.717, 1.165) is 36.5 Å². The second-order valence-electron chi connectivity index (χ2n) is 6.77. The van der Waals surface area contributed by atoms with E-state index in [2.05, 4.69) is 0 Å². The molecule has 96 valence electrons. The lowest BCUT2D eigenvalue weighted by molar-refractivity contribution is -0.123. The fourth-order valence-electron chi connectivity index (χ4n) is 4.76. The number of Topliss-reactive ketones (excluding diaryl/α,β-unsaturated/α-hetero) is 1. The van der Waals surface area contributed by atoms with Gasteiger partial charge < -0.3 is 0 Å². The summed E-state index contributed by atoms with van der Waals surface area (Å²) in [7, 11) is 0. The highest BCUT2D eigenvalue weighted by molar-refractivity contribution is 5.79. The van der Waals surface area contributed by atoms with Crippen LogP contribution < -0.4 is 0 Å². The van der Waals surface area contributed by atoms with Crippen LogP contribution >= 0.6 is 0 Å². The van der Waals surface area contributed by atoms with Crippen molar-refractivity contribution in [1.82, 2.24) is 0 Å². The molecule has 0 heterocycles. The van der Waals surface area contributed by atoms with Crippen molar-refractivity contribution in [3.05, 3.63) is 0 Å². The lowest BCUT2D eigenvalue weighted by Crippen LogP contribution is -2.34. The van der Waals surface area contributed by atoms with Crippen molar-refractivity contribution in [3.8, 4) is 0 Å². The molecule has 0 aromatic heterocycles. The SMILES string of the molecule is O=C1CCC2CC(C3CCCCC3)CCC2C1. The van der Waals surface area contributed by atoms with Gasteiger partial charge in [0.1, 0.15) is 5.78 Å². The fourth-order valence-corrected chi connectivity index (χ4v) is 4.76. The van der Waals surface area contributed by atoms with Crippen molar-refractivity contribution in [3.63, 3.8) is 0 Å². The van der Waals surface area contributed by atoms with Crippen LogP contribution in [0, 0.1) is 23.7 Å². The van der Waals surface area contributed by atoms with Crippen LogP contribution in [0.4, 0.5) is 0 Å². The number of ketones is 1. The molecule has 0 aliphatic heterocycles. The number of hydrogen-bond acceptors (Lipinski definition) is 1. The fraction of sp³-hybridized carbons (Fsp3) is 0.938. The molecule has 3 rings (SSSR count). The van der Waals surface area contributed by atoms with Gasteiger partial charge in [0.05, 0.1) is 0 Å². The first-order chi connectivity index (χ1) is 8.33. The van der Waals surface area contributed by atoms with Crippen LogP contribution in [0.1, 0.15) is 70.6 Å². The van der Waals surface area contributed by atoms with Crippen LogP contribution in [0.25, 0.3) is 0 Å². The minimum Gasteiger partial charge on any atom is -0.300 e. The Balaban J connectivity index is 1.58. The highest BCUT2D eigenvalue weighted by Crippen LogP contribution is 2.46. The predicted octanol–water partition coefficient (Wildman–Crippen LogP) is 4.35. The third-order valence-electron chi connectivity index (χ3n) is 5.78. The molecule has 0 saturated heterocycles. The van der Waals surface area contributed by atoms with E-state index in [4.69, 9.17) is 0 Å². The molecule has 0 radical (unpaired) electrons. The van der Waals surface area contributed by atoms with E-state index in [0.29, 0.717) is 5.78 Å². The number of carbonyl (C=O) groups is 1. The first kappa shape index (κ1) is 11.7. The van der Waals surface area contributed by atoms with E-state index in [-0.39, 0.29) is 0 Å². The Kier molecular flexibility index (Phi) is 3.54. The van der Waals surface area contributed by atoms with Crippen LogP contribution in [0.15, 0.2) is 0 Å². The second-order valence-corrected chi connectivity index (χ2v) is 6.77. The van der Waals surface area contributed by atoms with Gasteiger partial charge in [-0.05, 0) is 49.4 Å². The summed E-state index contributed by atoms with van der Waals surface area (Å²) >= 11 is 0. The Morgan fingerprint density at radius 1 is 0.706 bits per heavy atom. The molecule has 0 aromatic rings. The summed E-state index contributed by atoms with van der Waals surface area (Å²) in [4.78, 5) is 11.5. The van der Waals surface area contributed by atoms with Crippen molar-refractivity contribution in [1.29, 1.82) is 0 Å². The standard InChI is InChI=1S/C16H26O/c17-16-9-8-14-10-13(6-7-15(14)11-16)12-4-2-1-3-5-12/h12-15H,1-11H2. The van der Waals surface area contributed by atoms with Gasteiger partial charge in [0.25, 0.3) is 0 Å². The molecule has 3 unspecified atom stereocenters. The quantitative estimate of drug-likeness (QED) is 0.659. The molecule has 3 atom stereocenters. The maximum atomic E-state index is 11.5. The van der Waals surface area contributed by atoms with Gasteiger partial charge in [-0.2, -0.15) is 0 Å². The van der Waals surface area contributed by atoms with Crippen molar-refractivity contribution < 1.29 is 4.79 Å². The third-order valence-corrected chi connectivity index (χ3v) is 5.78. The Bertz CT molecular complexity index is 277. The van der Waals surface area contributed by atoms with Gasteiger partial charge in [-0.15, -0.1) is 0 Å². The lowest BCUT2D eigenvalue weighted by Gasteiger charge is -2.42. The highest BCUT2D eigenvalue weighted by Gasteiger charge is 2.37. The molecular weight excluding hydrogens is 208 g/mol. The molecule has 1 heteroatoms. The Labute approximate surface area is 105 Å². The number of fused-ring (bicyclic) bond motifs is 1. The first-order valence-electron chi connectivity index (χ1n) is 7.84. The van der Waals surface area contributed by atoms with Crippen molar-refractivity contribution >= 4 is 5.78 Å². The largest absolute Gasteiger partial charge is 0.300 e. The zero-order chi connectivity index (χ0) is 11.7. The Morgan fingerprint density at radius 3 is 2.24 bits per heavy atom. The van der Waals surface area contributed by atoms with Crippen LogP contribution in [0.2, 0.25) is 0 Å². The lowest BCUT2D eigenvalue weighted by atomic mass is 9.63. The summed E-state index contributed by atoms with van der Waals surface area (Å²) in [5.74, 6) is 4.29. The molecular formula is C16H26O. The Hall–Kier alpha value is -0.330. The van der Waals surface area contributed by atoms with Gasteiger partial charge in [0.2, 0.25) is 0 Å². The smallest absolute Gasteiger partial charge is 0.133 e. The van der Waals surface area contributed by atoms with Crippen LogP contribution in [0.3, 0.4) is 0 Å². The third kappa shape index (κ3) is 2.58. The molecule has 3 aliphatic carbocycles. The van der Waals surface area contributed by atoms with Crippen molar-refractivity contribution in [2.45, 2.75) is 70.6 Å². The molecule has 17 heavy (non-hydrogen) atoms. The Morgan fingerprint density at radius 2 is 1.41 bits per heavy atom. The van der Waals surface area contributed by atoms with Gasteiger partial charge in [-0.3, -0.25) is 4.79 Å². The summed E-state index contributed by atoms with van der Waals surface area (Å²) in [6.07, 6.45) is 14.7. The summed E-state index contributed by atoms with van der Waals surface area (Å²) in [6.45, 7) is 0. The molecule has 0 bridgehead atoms. The highest BCUT2D eigenvalue weighted by atomic mass is 16.1. The molecule has 0 N–H and O–H groups in total. The van der Waals surface area contributed by atoms with Crippen molar-refractivity contribution in [2.24, 2.45) is 23.7 Å². The summed E-state index contributed by atoms with van der Waals surface area (Å²) in [5, 5.41) is 0. The van der Waals surface area contributed by atoms with E-state index < -0.39 is 0 Å². The van der Waals surface area contributed by atoms with Crippen LogP contribution in [-0.2, 0) is 4.79 Å².